The van der Waals surface area contributed by atoms with Crippen molar-refractivity contribution >= 4 is 7.92 Å². The lowest BCUT2D eigenvalue weighted by Crippen LogP contribution is -2.13. The summed E-state index contributed by atoms with van der Waals surface area (Å²) in [4.78, 5) is 2.01. The number of nitrogens with zero attached hydrogens (tertiary/aromatic N) is 1. The van der Waals surface area contributed by atoms with Crippen LogP contribution < -0.4 is 0 Å². The summed E-state index contributed by atoms with van der Waals surface area (Å²) >= 11 is 0. The molecular weight excluding hydrogens is 213 g/mol. The van der Waals surface area contributed by atoms with Crippen molar-refractivity contribution in [2.24, 2.45) is 0 Å². The Morgan fingerprint density at radius 1 is 1.19 bits per heavy atom. The number of allylic oxidation sites excluding steroid dienone is 3. The molecule has 0 rings (SSSR count). The van der Waals surface area contributed by atoms with Gasteiger partial charge in [0.05, 0.1) is 0 Å². The lowest BCUT2D eigenvalue weighted by atomic mass is 10.3. The average molecular weight is 239 g/mol. The van der Waals surface area contributed by atoms with E-state index in [2.05, 4.69) is 53.0 Å². The minimum atomic E-state index is -0.152. The SMILES string of the molecule is C=C(/C=C\C(=C)P(CC)C(C)(C)C)N(C)C. The smallest absolute Gasteiger partial charge is 0.0288 e. The minimum Gasteiger partial charge on any atom is -0.378 e. The number of likely N-dealkylation sites (N-methyl/N-ethyl adjacent to an activating group) is 1. The molecule has 0 bridgehead atoms. The molecule has 0 amide bonds. The van der Waals surface area contributed by atoms with E-state index >= 15 is 0 Å². The molecule has 0 aliphatic heterocycles. The summed E-state index contributed by atoms with van der Waals surface area (Å²) in [6.07, 6.45) is 5.37. The lowest BCUT2D eigenvalue weighted by molar-refractivity contribution is 0.532. The molecule has 16 heavy (non-hydrogen) atoms. The Morgan fingerprint density at radius 2 is 1.69 bits per heavy atom. The van der Waals surface area contributed by atoms with Crippen molar-refractivity contribution in [3.63, 3.8) is 0 Å². The molecule has 0 fully saturated rings. The van der Waals surface area contributed by atoms with Crippen LogP contribution >= 0.6 is 7.92 Å². The summed E-state index contributed by atoms with van der Waals surface area (Å²) < 4.78 is 0. The number of hydrogen-bond acceptors (Lipinski definition) is 1. The molecule has 0 aromatic heterocycles. The molecule has 0 N–H and O–H groups in total. The van der Waals surface area contributed by atoms with Crippen LogP contribution in [-0.4, -0.2) is 30.3 Å². The van der Waals surface area contributed by atoms with Gasteiger partial charge in [-0.3, -0.25) is 0 Å². The second-order valence-corrected chi connectivity index (χ2v) is 8.53. The predicted octanol–water partition coefficient (Wildman–Crippen LogP) is 4.43. The molecule has 0 heterocycles. The largest absolute Gasteiger partial charge is 0.378 e. The summed E-state index contributed by atoms with van der Waals surface area (Å²) in [5.41, 5.74) is 1.01. The normalized spacial score (nSPS) is 13.9. The van der Waals surface area contributed by atoms with E-state index in [0.29, 0.717) is 5.16 Å². The lowest BCUT2D eigenvalue weighted by Gasteiger charge is -2.31. The highest BCUT2D eigenvalue weighted by atomic mass is 31.1. The van der Waals surface area contributed by atoms with Crippen LogP contribution in [0.4, 0.5) is 0 Å². The van der Waals surface area contributed by atoms with Gasteiger partial charge in [-0.2, -0.15) is 0 Å². The highest BCUT2D eigenvalue weighted by Gasteiger charge is 2.23. The molecule has 0 aromatic carbocycles. The van der Waals surface area contributed by atoms with Gasteiger partial charge in [-0.1, -0.05) is 54.9 Å². The van der Waals surface area contributed by atoms with Gasteiger partial charge in [0.25, 0.3) is 0 Å². The van der Waals surface area contributed by atoms with Gasteiger partial charge in [-0.15, -0.1) is 0 Å². The van der Waals surface area contributed by atoms with Gasteiger partial charge in [0, 0.05) is 19.8 Å². The summed E-state index contributed by atoms with van der Waals surface area (Å²) in [6, 6.07) is 0. The van der Waals surface area contributed by atoms with Crippen LogP contribution in [0.25, 0.3) is 0 Å². The highest BCUT2D eigenvalue weighted by Crippen LogP contribution is 2.55. The van der Waals surface area contributed by atoms with Gasteiger partial charge in [0.2, 0.25) is 0 Å². The zero-order chi connectivity index (χ0) is 12.9. The van der Waals surface area contributed by atoms with Gasteiger partial charge in [-0.05, 0) is 22.7 Å². The predicted molar refractivity (Wildman–Crippen MR) is 78.3 cm³/mol. The third kappa shape index (κ3) is 4.99. The fourth-order valence-corrected chi connectivity index (χ4v) is 4.01. The molecule has 0 aliphatic carbocycles. The van der Waals surface area contributed by atoms with E-state index in [1.54, 1.807) is 0 Å². The first kappa shape index (κ1) is 15.4. The fourth-order valence-electron chi connectivity index (χ4n) is 1.54. The standard InChI is InChI=1S/C14H26NP/c1-9-16(14(4,5)6)13(3)11-10-12(2)15(7)8/h10-11H,2-3,9H2,1,4-8H3/b11-10-. The molecular formula is C14H26NP. The fraction of sp³-hybridized carbons (Fsp3) is 0.571. The van der Waals surface area contributed by atoms with Crippen molar-refractivity contribution in [1.82, 2.24) is 4.90 Å². The van der Waals surface area contributed by atoms with Crippen molar-refractivity contribution in [2.45, 2.75) is 32.9 Å². The zero-order valence-corrected chi connectivity index (χ0v) is 12.6. The molecule has 1 nitrogen and oxygen atoms in total. The van der Waals surface area contributed by atoms with Crippen LogP contribution in [0, 0.1) is 0 Å². The van der Waals surface area contributed by atoms with Crippen LogP contribution in [0.3, 0.4) is 0 Å². The van der Waals surface area contributed by atoms with E-state index in [0.717, 1.165) is 5.70 Å². The minimum absolute atomic E-state index is 0.152. The van der Waals surface area contributed by atoms with Crippen LogP contribution in [0.5, 0.6) is 0 Å². The van der Waals surface area contributed by atoms with Gasteiger partial charge >= 0.3 is 0 Å². The first-order chi connectivity index (χ1) is 7.20. The zero-order valence-electron chi connectivity index (χ0n) is 11.7. The van der Waals surface area contributed by atoms with E-state index < -0.39 is 0 Å². The van der Waals surface area contributed by atoms with E-state index in [-0.39, 0.29) is 7.92 Å². The Labute approximate surface area is 103 Å². The molecule has 0 saturated heterocycles. The Hall–Kier alpha value is -0.550. The van der Waals surface area contributed by atoms with E-state index in [9.17, 15) is 0 Å². The maximum atomic E-state index is 4.21. The Bertz CT molecular complexity index is 282. The molecule has 92 valence electrons. The van der Waals surface area contributed by atoms with Gasteiger partial charge in [-0.25, -0.2) is 0 Å². The summed E-state index contributed by atoms with van der Waals surface area (Å²) in [6.45, 7) is 17.3. The molecule has 1 unspecified atom stereocenters. The molecule has 2 heteroatoms. The van der Waals surface area contributed by atoms with Crippen LogP contribution in [0.2, 0.25) is 0 Å². The van der Waals surface area contributed by atoms with Gasteiger partial charge < -0.3 is 4.90 Å². The molecule has 1 atom stereocenters. The van der Waals surface area contributed by atoms with Crippen LogP contribution in [0.15, 0.2) is 36.3 Å². The molecule has 0 spiro atoms. The van der Waals surface area contributed by atoms with Crippen LogP contribution in [0.1, 0.15) is 27.7 Å². The molecule has 0 aromatic rings. The third-order valence-electron chi connectivity index (χ3n) is 2.52. The molecule has 0 radical (unpaired) electrons. The second-order valence-electron chi connectivity index (χ2n) is 5.13. The van der Waals surface area contributed by atoms with Gasteiger partial charge in [0.1, 0.15) is 0 Å². The summed E-state index contributed by atoms with van der Waals surface area (Å²) in [5, 5.41) is 1.60. The van der Waals surface area contributed by atoms with Crippen molar-refractivity contribution in [1.29, 1.82) is 0 Å². The van der Waals surface area contributed by atoms with E-state index in [1.165, 1.54) is 11.5 Å². The number of rotatable bonds is 5. The maximum Gasteiger partial charge on any atom is 0.0288 e. The first-order valence-corrected chi connectivity index (χ1v) is 7.23. The Balaban J connectivity index is 4.62. The first-order valence-electron chi connectivity index (χ1n) is 5.71. The Morgan fingerprint density at radius 3 is 2.00 bits per heavy atom. The van der Waals surface area contributed by atoms with Crippen molar-refractivity contribution in [3.8, 4) is 0 Å². The van der Waals surface area contributed by atoms with Crippen LogP contribution in [-0.2, 0) is 0 Å². The van der Waals surface area contributed by atoms with E-state index in [4.69, 9.17) is 0 Å². The molecule has 0 saturated carbocycles. The maximum absolute atomic E-state index is 4.21. The van der Waals surface area contributed by atoms with Crippen molar-refractivity contribution in [3.05, 3.63) is 36.3 Å². The number of hydrogen-bond donors (Lipinski definition) is 0. The quantitative estimate of drug-likeness (QED) is 0.506. The average Bonchev–Trinajstić information content (AvgIpc) is 2.12. The van der Waals surface area contributed by atoms with Crippen molar-refractivity contribution in [2.75, 3.05) is 20.3 Å². The van der Waals surface area contributed by atoms with Crippen molar-refractivity contribution < 1.29 is 0 Å². The Kier molecular flexibility index (Phi) is 6.04. The molecule has 0 aliphatic rings. The van der Waals surface area contributed by atoms with Gasteiger partial charge in [0.15, 0.2) is 0 Å². The topological polar surface area (TPSA) is 3.24 Å². The summed E-state index contributed by atoms with van der Waals surface area (Å²) in [5.74, 6) is 0. The summed E-state index contributed by atoms with van der Waals surface area (Å²) in [7, 11) is 3.85. The van der Waals surface area contributed by atoms with E-state index in [1.807, 2.05) is 19.0 Å². The monoisotopic (exact) mass is 239 g/mol. The third-order valence-corrected chi connectivity index (χ3v) is 5.61. The highest BCUT2D eigenvalue weighted by molar-refractivity contribution is 7.63. The second kappa shape index (κ2) is 6.25.